The summed E-state index contributed by atoms with van der Waals surface area (Å²) in [6.45, 7) is 3.51. The number of carbonyl (C=O) groups excluding carboxylic acids is 1. The van der Waals surface area contributed by atoms with Gasteiger partial charge in [-0.25, -0.2) is 0 Å². The summed E-state index contributed by atoms with van der Waals surface area (Å²) in [5, 5.41) is 3.35. The molecule has 3 nitrogen and oxygen atoms in total. The van der Waals surface area contributed by atoms with Gasteiger partial charge in [0.2, 0.25) is 5.91 Å². The number of para-hydroxylation sites is 1. The summed E-state index contributed by atoms with van der Waals surface area (Å²) in [6, 6.07) is 14.3. The molecular weight excluding hydrogens is 340 g/mol. The van der Waals surface area contributed by atoms with Crippen molar-refractivity contribution in [2.75, 3.05) is 23.3 Å². The molecule has 1 aliphatic rings. The van der Waals surface area contributed by atoms with E-state index in [9.17, 15) is 4.79 Å². The van der Waals surface area contributed by atoms with Crippen LogP contribution in [0.15, 0.2) is 46.9 Å². The van der Waals surface area contributed by atoms with E-state index in [-0.39, 0.29) is 5.91 Å². The molecular formula is C18H19BrN2O. The topological polar surface area (TPSA) is 32.3 Å². The van der Waals surface area contributed by atoms with Crippen molar-refractivity contribution in [3.63, 3.8) is 0 Å². The van der Waals surface area contributed by atoms with Crippen LogP contribution in [-0.2, 0) is 11.2 Å². The Morgan fingerprint density at radius 2 is 2.09 bits per heavy atom. The minimum atomic E-state index is 0.187. The van der Waals surface area contributed by atoms with E-state index in [0.29, 0.717) is 13.0 Å². The largest absolute Gasteiger partial charge is 0.384 e. The molecule has 1 N–H and O–H groups in total. The van der Waals surface area contributed by atoms with Crippen LogP contribution in [0.4, 0.5) is 11.4 Å². The van der Waals surface area contributed by atoms with Crippen LogP contribution in [0, 0.1) is 6.92 Å². The van der Waals surface area contributed by atoms with E-state index in [0.717, 1.165) is 28.8 Å². The first kappa shape index (κ1) is 15.1. The van der Waals surface area contributed by atoms with Gasteiger partial charge in [-0.05, 0) is 48.7 Å². The average Bonchev–Trinajstić information content (AvgIpc) is 2.93. The fraction of sp³-hybridized carbons (Fsp3) is 0.278. The lowest BCUT2D eigenvalue weighted by molar-refractivity contribution is -0.118. The number of hydrogen-bond donors (Lipinski definition) is 1. The Labute approximate surface area is 139 Å². The van der Waals surface area contributed by atoms with E-state index in [1.807, 2.05) is 35.2 Å². The fourth-order valence-electron chi connectivity index (χ4n) is 2.86. The quantitative estimate of drug-likeness (QED) is 0.890. The second kappa shape index (κ2) is 6.53. The van der Waals surface area contributed by atoms with Crippen LogP contribution in [0.3, 0.4) is 0 Å². The fourth-order valence-corrected chi connectivity index (χ4v) is 3.34. The first-order chi connectivity index (χ1) is 10.6. The van der Waals surface area contributed by atoms with E-state index >= 15 is 0 Å². The highest BCUT2D eigenvalue weighted by Gasteiger charge is 2.23. The number of anilines is 2. The number of fused-ring (bicyclic) bond motifs is 1. The number of hydrogen-bond acceptors (Lipinski definition) is 2. The number of nitrogens with one attached hydrogen (secondary N) is 1. The Kier molecular flexibility index (Phi) is 4.48. The third-order valence-electron chi connectivity index (χ3n) is 4.03. The van der Waals surface area contributed by atoms with Gasteiger partial charge in [0.15, 0.2) is 0 Å². The van der Waals surface area contributed by atoms with Crippen molar-refractivity contribution < 1.29 is 4.79 Å². The summed E-state index contributed by atoms with van der Waals surface area (Å²) in [7, 11) is 0. The third kappa shape index (κ3) is 3.17. The van der Waals surface area contributed by atoms with Gasteiger partial charge >= 0.3 is 0 Å². The van der Waals surface area contributed by atoms with Crippen LogP contribution in [0.2, 0.25) is 0 Å². The summed E-state index contributed by atoms with van der Waals surface area (Å²) < 4.78 is 1.07. The molecule has 0 unspecified atom stereocenters. The summed E-state index contributed by atoms with van der Waals surface area (Å²) in [6.07, 6.45) is 1.46. The number of carbonyl (C=O) groups is 1. The van der Waals surface area contributed by atoms with Crippen molar-refractivity contribution in [3.05, 3.63) is 58.1 Å². The van der Waals surface area contributed by atoms with Gasteiger partial charge in [-0.15, -0.1) is 0 Å². The standard InChI is InChI=1S/C18H19BrN2O/c1-13-12-15(19)6-7-16(13)20-10-8-18(22)21-11-9-14-4-2-3-5-17(14)21/h2-7,12,20H,8-11H2,1H3. The van der Waals surface area contributed by atoms with E-state index in [2.05, 4.69) is 40.3 Å². The summed E-state index contributed by atoms with van der Waals surface area (Å²) in [5.41, 5.74) is 4.60. The predicted octanol–water partition coefficient (Wildman–Crippen LogP) is 4.15. The second-order valence-corrected chi connectivity index (χ2v) is 6.48. The molecule has 0 atom stereocenters. The molecule has 1 heterocycles. The molecule has 22 heavy (non-hydrogen) atoms. The molecule has 0 radical (unpaired) electrons. The minimum absolute atomic E-state index is 0.187. The number of rotatable bonds is 4. The molecule has 0 fully saturated rings. The molecule has 0 saturated heterocycles. The van der Waals surface area contributed by atoms with Crippen molar-refractivity contribution in [3.8, 4) is 0 Å². The molecule has 0 aliphatic carbocycles. The predicted molar refractivity (Wildman–Crippen MR) is 94.5 cm³/mol. The van der Waals surface area contributed by atoms with Crippen LogP contribution >= 0.6 is 15.9 Å². The van der Waals surface area contributed by atoms with Gasteiger partial charge in [-0.3, -0.25) is 4.79 Å². The smallest absolute Gasteiger partial charge is 0.228 e. The van der Waals surface area contributed by atoms with Crippen LogP contribution in [0.1, 0.15) is 17.5 Å². The maximum absolute atomic E-state index is 12.4. The lowest BCUT2D eigenvalue weighted by Crippen LogP contribution is -2.30. The molecule has 0 aromatic heterocycles. The van der Waals surface area contributed by atoms with Gasteiger partial charge in [-0.2, -0.15) is 0 Å². The average molecular weight is 359 g/mol. The van der Waals surface area contributed by atoms with Crippen LogP contribution in [0.5, 0.6) is 0 Å². The monoisotopic (exact) mass is 358 g/mol. The lowest BCUT2D eigenvalue weighted by atomic mass is 10.2. The number of aryl methyl sites for hydroxylation is 1. The zero-order valence-corrected chi connectivity index (χ0v) is 14.2. The first-order valence-corrected chi connectivity index (χ1v) is 8.33. The van der Waals surface area contributed by atoms with Crippen LogP contribution in [0.25, 0.3) is 0 Å². The number of halogens is 1. The van der Waals surface area contributed by atoms with Gasteiger partial charge in [-0.1, -0.05) is 34.1 Å². The molecule has 2 aromatic carbocycles. The molecule has 3 rings (SSSR count). The van der Waals surface area contributed by atoms with Gasteiger partial charge in [0, 0.05) is 35.4 Å². The third-order valence-corrected chi connectivity index (χ3v) is 4.52. The van der Waals surface area contributed by atoms with Crippen molar-refractivity contribution in [2.24, 2.45) is 0 Å². The molecule has 114 valence electrons. The second-order valence-electron chi connectivity index (χ2n) is 5.56. The number of nitrogens with zero attached hydrogens (tertiary/aromatic N) is 1. The van der Waals surface area contributed by atoms with Gasteiger partial charge in [0.05, 0.1) is 0 Å². The van der Waals surface area contributed by atoms with E-state index in [4.69, 9.17) is 0 Å². The SMILES string of the molecule is Cc1cc(Br)ccc1NCCC(=O)N1CCc2ccccc21. The van der Waals surface area contributed by atoms with Crippen LogP contribution < -0.4 is 10.2 Å². The van der Waals surface area contributed by atoms with E-state index < -0.39 is 0 Å². The highest BCUT2D eigenvalue weighted by atomic mass is 79.9. The van der Waals surface area contributed by atoms with Gasteiger partial charge in [0.1, 0.15) is 0 Å². The minimum Gasteiger partial charge on any atom is -0.384 e. The summed E-state index contributed by atoms with van der Waals surface area (Å²) in [5.74, 6) is 0.187. The van der Waals surface area contributed by atoms with Gasteiger partial charge < -0.3 is 10.2 Å². The maximum Gasteiger partial charge on any atom is 0.228 e. The van der Waals surface area contributed by atoms with Gasteiger partial charge in [0.25, 0.3) is 0 Å². The van der Waals surface area contributed by atoms with Crippen molar-refractivity contribution in [1.29, 1.82) is 0 Å². The maximum atomic E-state index is 12.4. The molecule has 1 amide bonds. The molecule has 1 aliphatic heterocycles. The normalized spacial score (nSPS) is 13.1. The molecule has 4 heteroatoms. The Bertz CT molecular complexity index is 699. The van der Waals surface area contributed by atoms with Crippen molar-refractivity contribution in [1.82, 2.24) is 0 Å². The van der Waals surface area contributed by atoms with Crippen LogP contribution in [-0.4, -0.2) is 19.0 Å². The zero-order chi connectivity index (χ0) is 15.5. The molecule has 0 saturated carbocycles. The number of benzene rings is 2. The Hall–Kier alpha value is -1.81. The van der Waals surface area contributed by atoms with E-state index in [1.165, 1.54) is 11.1 Å². The highest BCUT2D eigenvalue weighted by Crippen LogP contribution is 2.28. The Balaban J connectivity index is 1.57. The Morgan fingerprint density at radius 3 is 2.91 bits per heavy atom. The van der Waals surface area contributed by atoms with Crippen molar-refractivity contribution >= 4 is 33.2 Å². The molecule has 0 bridgehead atoms. The first-order valence-electron chi connectivity index (χ1n) is 7.53. The van der Waals surface area contributed by atoms with Crippen molar-refractivity contribution in [2.45, 2.75) is 19.8 Å². The Morgan fingerprint density at radius 1 is 1.27 bits per heavy atom. The zero-order valence-electron chi connectivity index (χ0n) is 12.6. The number of amides is 1. The summed E-state index contributed by atoms with van der Waals surface area (Å²) in [4.78, 5) is 14.3. The summed E-state index contributed by atoms with van der Waals surface area (Å²) >= 11 is 3.46. The lowest BCUT2D eigenvalue weighted by Gasteiger charge is -2.18. The highest BCUT2D eigenvalue weighted by molar-refractivity contribution is 9.10. The molecule has 2 aromatic rings. The molecule has 0 spiro atoms. The van der Waals surface area contributed by atoms with E-state index in [1.54, 1.807) is 0 Å².